The summed E-state index contributed by atoms with van der Waals surface area (Å²) in [5.41, 5.74) is 2.01. The van der Waals surface area contributed by atoms with E-state index in [9.17, 15) is 15.0 Å². The maximum atomic E-state index is 11.9. The lowest BCUT2D eigenvalue weighted by Gasteiger charge is -2.30. The summed E-state index contributed by atoms with van der Waals surface area (Å²) in [6.07, 6.45) is 17.6. The molecule has 0 saturated heterocycles. The van der Waals surface area contributed by atoms with Crippen LogP contribution < -0.4 is 0 Å². The largest absolute Gasteiger partial charge is 0.389 e. The topological polar surface area (TPSA) is 57.5 Å². The molecule has 2 aliphatic carbocycles. The molecule has 138 valence electrons. The van der Waals surface area contributed by atoms with E-state index in [1.165, 1.54) is 25.7 Å². The van der Waals surface area contributed by atoms with Crippen molar-refractivity contribution in [1.29, 1.82) is 0 Å². The lowest BCUT2D eigenvalue weighted by molar-refractivity contribution is -0.125. The van der Waals surface area contributed by atoms with Crippen molar-refractivity contribution in [3.63, 3.8) is 0 Å². The third kappa shape index (κ3) is 5.79. The van der Waals surface area contributed by atoms with Crippen LogP contribution >= 0.6 is 0 Å². The number of fused-ring (bicyclic) bond motifs is 1. The molecule has 0 radical (unpaired) electrons. The molecule has 2 aliphatic rings. The van der Waals surface area contributed by atoms with Crippen molar-refractivity contribution in [3.8, 4) is 0 Å². The van der Waals surface area contributed by atoms with E-state index < -0.39 is 12.2 Å². The average molecular weight is 344 g/mol. The summed E-state index contributed by atoms with van der Waals surface area (Å²) in [7, 11) is 0. The van der Waals surface area contributed by atoms with Gasteiger partial charge in [0.25, 0.3) is 0 Å². The van der Waals surface area contributed by atoms with Crippen LogP contribution in [0.4, 0.5) is 0 Å². The number of aliphatic hydroxyl groups excluding tert-OH is 2. The molecule has 0 fully saturated rings. The predicted molar refractivity (Wildman–Crippen MR) is 102 cm³/mol. The SMILES string of the molecule is CCCCCCC[C@H](O)/C=C/C(C)=C/C1[C@@H]2CC=CC2=CC(=O)[C@@H]1O. The van der Waals surface area contributed by atoms with Gasteiger partial charge in [0.2, 0.25) is 0 Å². The Labute approximate surface area is 151 Å². The zero-order chi connectivity index (χ0) is 18.2. The molecule has 0 saturated carbocycles. The summed E-state index contributed by atoms with van der Waals surface area (Å²) in [5, 5.41) is 20.3. The predicted octanol–water partition coefficient (Wildman–Crippen LogP) is 4.27. The van der Waals surface area contributed by atoms with E-state index in [0.29, 0.717) is 0 Å². The number of rotatable bonds is 9. The van der Waals surface area contributed by atoms with Gasteiger partial charge in [0, 0.05) is 5.92 Å². The van der Waals surface area contributed by atoms with Crippen molar-refractivity contribution in [2.24, 2.45) is 11.8 Å². The van der Waals surface area contributed by atoms with Crippen molar-refractivity contribution in [3.05, 3.63) is 47.6 Å². The van der Waals surface area contributed by atoms with Crippen molar-refractivity contribution in [1.82, 2.24) is 0 Å². The van der Waals surface area contributed by atoms with Crippen molar-refractivity contribution >= 4 is 5.78 Å². The fourth-order valence-corrected chi connectivity index (χ4v) is 3.69. The molecule has 0 amide bonds. The minimum absolute atomic E-state index is 0.182. The molecule has 2 rings (SSSR count). The highest BCUT2D eigenvalue weighted by Crippen LogP contribution is 2.38. The van der Waals surface area contributed by atoms with Crippen LogP contribution in [0.2, 0.25) is 0 Å². The number of unbranched alkanes of at least 4 members (excludes halogenated alkanes) is 4. The van der Waals surface area contributed by atoms with Gasteiger partial charge in [0.15, 0.2) is 5.78 Å². The molecule has 0 heterocycles. The van der Waals surface area contributed by atoms with Gasteiger partial charge in [-0.3, -0.25) is 4.79 Å². The second-order valence-corrected chi connectivity index (χ2v) is 7.35. The van der Waals surface area contributed by atoms with Crippen LogP contribution in [0.25, 0.3) is 0 Å². The first-order valence-electron chi connectivity index (χ1n) is 9.67. The summed E-state index contributed by atoms with van der Waals surface area (Å²) in [5.74, 6) is -0.194. The van der Waals surface area contributed by atoms with E-state index in [1.807, 2.05) is 31.2 Å². The summed E-state index contributed by atoms with van der Waals surface area (Å²) >= 11 is 0. The van der Waals surface area contributed by atoms with Gasteiger partial charge in [-0.25, -0.2) is 0 Å². The fraction of sp³-hybridized carbons (Fsp3) is 0.591. The maximum Gasteiger partial charge on any atom is 0.184 e. The standard InChI is InChI=1S/C22H32O3/c1-3-4-5-6-7-10-18(23)13-12-16(2)14-20-19-11-8-9-17(19)15-21(24)22(20)25/h8-9,12-15,18-20,22-23,25H,3-7,10-11H2,1-2H3/b13-12+,16-14+/t18-,19+,20?,22+/m0/s1. The molecule has 2 N–H and O–H groups in total. The number of hydrogen-bond acceptors (Lipinski definition) is 3. The van der Waals surface area contributed by atoms with Gasteiger partial charge >= 0.3 is 0 Å². The van der Waals surface area contributed by atoms with Crippen LogP contribution in [0.15, 0.2) is 47.6 Å². The summed E-state index contributed by atoms with van der Waals surface area (Å²) < 4.78 is 0. The van der Waals surface area contributed by atoms with Gasteiger partial charge in [-0.1, -0.05) is 75.0 Å². The molecule has 0 aliphatic heterocycles. The van der Waals surface area contributed by atoms with Crippen LogP contribution in [-0.2, 0) is 4.79 Å². The first-order chi connectivity index (χ1) is 12.0. The second kappa shape index (κ2) is 9.88. The first-order valence-corrected chi connectivity index (χ1v) is 9.67. The second-order valence-electron chi connectivity index (χ2n) is 7.35. The Morgan fingerprint density at radius 1 is 1.32 bits per heavy atom. The smallest absolute Gasteiger partial charge is 0.184 e. The molecule has 3 nitrogen and oxygen atoms in total. The van der Waals surface area contributed by atoms with Gasteiger partial charge in [0.05, 0.1) is 6.10 Å². The van der Waals surface area contributed by atoms with Crippen molar-refractivity contribution in [2.45, 2.75) is 71.0 Å². The summed E-state index contributed by atoms with van der Waals surface area (Å²) in [6.45, 7) is 4.16. The number of carbonyl (C=O) groups is 1. The van der Waals surface area contributed by atoms with Crippen molar-refractivity contribution in [2.75, 3.05) is 0 Å². The monoisotopic (exact) mass is 344 g/mol. The summed E-state index contributed by atoms with van der Waals surface area (Å²) in [4.78, 5) is 11.9. The Hall–Kier alpha value is -1.45. The number of hydrogen-bond donors (Lipinski definition) is 2. The number of allylic oxidation sites excluding steroid dienone is 5. The minimum atomic E-state index is -0.958. The summed E-state index contributed by atoms with van der Waals surface area (Å²) in [6, 6.07) is 0. The lowest BCUT2D eigenvalue weighted by Crippen LogP contribution is -2.36. The molecule has 25 heavy (non-hydrogen) atoms. The van der Waals surface area contributed by atoms with E-state index in [0.717, 1.165) is 30.4 Å². The van der Waals surface area contributed by atoms with Gasteiger partial charge in [-0.2, -0.15) is 0 Å². The Morgan fingerprint density at radius 2 is 2.08 bits per heavy atom. The van der Waals surface area contributed by atoms with Crippen LogP contribution in [0.1, 0.15) is 58.8 Å². The molecule has 0 spiro atoms. The Balaban J connectivity index is 1.87. The number of carbonyl (C=O) groups excluding carboxylic acids is 1. The average Bonchev–Trinajstić information content (AvgIpc) is 3.04. The van der Waals surface area contributed by atoms with E-state index in [-0.39, 0.29) is 17.6 Å². The fourth-order valence-electron chi connectivity index (χ4n) is 3.69. The molecule has 4 atom stereocenters. The highest BCUT2D eigenvalue weighted by atomic mass is 16.3. The third-order valence-electron chi connectivity index (χ3n) is 5.20. The zero-order valence-electron chi connectivity index (χ0n) is 15.5. The van der Waals surface area contributed by atoms with Crippen LogP contribution in [0.3, 0.4) is 0 Å². The number of ketones is 1. The minimum Gasteiger partial charge on any atom is -0.389 e. The quantitative estimate of drug-likeness (QED) is 0.485. The lowest BCUT2D eigenvalue weighted by atomic mass is 9.76. The Morgan fingerprint density at radius 3 is 2.84 bits per heavy atom. The molecule has 0 aromatic rings. The van der Waals surface area contributed by atoms with Gasteiger partial charge in [-0.15, -0.1) is 0 Å². The third-order valence-corrected chi connectivity index (χ3v) is 5.20. The highest BCUT2D eigenvalue weighted by molar-refractivity contribution is 5.96. The molecular formula is C22H32O3. The normalized spacial score (nSPS) is 27.7. The van der Waals surface area contributed by atoms with Crippen molar-refractivity contribution < 1.29 is 15.0 Å². The van der Waals surface area contributed by atoms with Crippen LogP contribution in [0.5, 0.6) is 0 Å². The molecule has 1 unspecified atom stereocenters. The van der Waals surface area contributed by atoms with Crippen LogP contribution in [-0.4, -0.2) is 28.2 Å². The number of aliphatic hydroxyl groups is 2. The molecule has 0 aromatic carbocycles. The van der Waals surface area contributed by atoms with Crippen LogP contribution in [0, 0.1) is 11.8 Å². The molecular weight excluding hydrogens is 312 g/mol. The van der Waals surface area contributed by atoms with E-state index in [2.05, 4.69) is 13.0 Å². The maximum absolute atomic E-state index is 11.9. The van der Waals surface area contributed by atoms with Gasteiger partial charge in [-0.05, 0) is 37.3 Å². The molecule has 0 bridgehead atoms. The van der Waals surface area contributed by atoms with Gasteiger partial charge in [0.1, 0.15) is 6.10 Å². The van der Waals surface area contributed by atoms with E-state index in [4.69, 9.17) is 0 Å². The molecule has 0 aromatic heterocycles. The first kappa shape index (κ1) is 19.9. The Kier molecular flexibility index (Phi) is 7.86. The van der Waals surface area contributed by atoms with E-state index in [1.54, 1.807) is 6.08 Å². The van der Waals surface area contributed by atoms with Gasteiger partial charge < -0.3 is 10.2 Å². The van der Waals surface area contributed by atoms with E-state index >= 15 is 0 Å². The zero-order valence-corrected chi connectivity index (χ0v) is 15.5. The molecule has 3 heteroatoms. The highest BCUT2D eigenvalue weighted by Gasteiger charge is 2.37. The Bertz CT molecular complexity index is 568.